The summed E-state index contributed by atoms with van der Waals surface area (Å²) >= 11 is 0. The Hall–Kier alpha value is -3.60. The van der Waals surface area contributed by atoms with Crippen LogP contribution in [0.2, 0.25) is 0 Å². The molecule has 0 spiro atoms. The van der Waals surface area contributed by atoms with Crippen LogP contribution in [0.4, 0.5) is 18.9 Å². The minimum atomic E-state index is -4.58. The number of nitrogens with zero attached hydrogens (tertiary/aromatic N) is 1. The molecule has 0 saturated heterocycles. The summed E-state index contributed by atoms with van der Waals surface area (Å²) in [5.41, 5.74) is -0.471. The normalized spacial score (nSPS) is 11.9. The number of aryl methyl sites for hydroxylation is 1. The number of amides is 1. The fraction of sp³-hybridized carbons (Fsp3) is 0.150. The van der Waals surface area contributed by atoms with Crippen molar-refractivity contribution in [3.8, 4) is 6.07 Å². The largest absolute Gasteiger partial charge is 0.426 e. The lowest BCUT2D eigenvalue weighted by Gasteiger charge is -2.11. The van der Waals surface area contributed by atoms with Gasteiger partial charge >= 0.3 is 12.1 Å². The topological polar surface area (TPSA) is 79.2 Å². The zero-order valence-electron chi connectivity index (χ0n) is 14.9. The Bertz CT molecular complexity index is 971. The Morgan fingerprint density at radius 2 is 1.75 bits per heavy atom. The number of ether oxygens (including phenoxy) is 1. The zero-order chi connectivity index (χ0) is 20.9. The van der Waals surface area contributed by atoms with Gasteiger partial charge in [0.25, 0.3) is 5.91 Å². The van der Waals surface area contributed by atoms with Crippen LogP contribution in [0.5, 0.6) is 0 Å². The third-order valence-corrected chi connectivity index (χ3v) is 3.67. The van der Waals surface area contributed by atoms with Crippen LogP contribution in [0.3, 0.4) is 0 Å². The number of rotatable bonds is 4. The van der Waals surface area contributed by atoms with Gasteiger partial charge in [-0.25, -0.2) is 4.79 Å². The molecule has 0 heterocycles. The van der Waals surface area contributed by atoms with E-state index in [2.05, 4.69) is 5.32 Å². The molecule has 0 atom stereocenters. The summed E-state index contributed by atoms with van der Waals surface area (Å²) in [5, 5.41) is 11.4. The summed E-state index contributed by atoms with van der Waals surface area (Å²) in [7, 11) is 0. The van der Waals surface area contributed by atoms with E-state index >= 15 is 0 Å². The molecule has 2 aromatic rings. The first-order chi connectivity index (χ1) is 13.1. The van der Waals surface area contributed by atoms with Gasteiger partial charge in [-0.2, -0.15) is 18.4 Å². The van der Waals surface area contributed by atoms with Crippen LogP contribution in [0.15, 0.2) is 59.9 Å². The van der Waals surface area contributed by atoms with Crippen molar-refractivity contribution >= 4 is 17.6 Å². The van der Waals surface area contributed by atoms with Crippen molar-refractivity contribution < 1.29 is 27.5 Å². The average molecular weight is 388 g/mol. The van der Waals surface area contributed by atoms with Gasteiger partial charge in [-0.15, -0.1) is 0 Å². The minimum absolute atomic E-state index is 0.148. The molecule has 0 bridgehead atoms. The molecule has 2 aromatic carbocycles. The molecule has 28 heavy (non-hydrogen) atoms. The van der Waals surface area contributed by atoms with Gasteiger partial charge in [0.15, 0.2) is 5.57 Å². The number of carbonyl (C=O) groups excluding carboxylic acids is 2. The van der Waals surface area contributed by atoms with Crippen molar-refractivity contribution in [2.45, 2.75) is 20.0 Å². The fourth-order valence-corrected chi connectivity index (χ4v) is 2.19. The highest BCUT2D eigenvalue weighted by Gasteiger charge is 2.30. The molecule has 0 unspecified atom stereocenters. The van der Waals surface area contributed by atoms with E-state index in [4.69, 9.17) is 4.74 Å². The molecular weight excluding hydrogens is 373 g/mol. The van der Waals surface area contributed by atoms with Crippen LogP contribution in [-0.4, -0.2) is 11.9 Å². The number of benzene rings is 2. The van der Waals surface area contributed by atoms with Crippen LogP contribution in [0.25, 0.3) is 0 Å². The summed E-state index contributed by atoms with van der Waals surface area (Å²) in [5.74, 6) is -2.02. The van der Waals surface area contributed by atoms with Crippen LogP contribution < -0.4 is 5.32 Å². The summed E-state index contributed by atoms with van der Waals surface area (Å²) in [4.78, 5) is 24.3. The molecule has 0 aliphatic heterocycles. The van der Waals surface area contributed by atoms with Gasteiger partial charge in [-0.3, -0.25) is 4.79 Å². The van der Waals surface area contributed by atoms with Crippen molar-refractivity contribution in [3.05, 3.63) is 76.6 Å². The van der Waals surface area contributed by atoms with Crippen molar-refractivity contribution in [3.63, 3.8) is 0 Å². The van der Waals surface area contributed by atoms with E-state index in [0.717, 1.165) is 23.8 Å². The fourth-order valence-electron chi connectivity index (χ4n) is 2.19. The van der Waals surface area contributed by atoms with Gasteiger partial charge in [0.2, 0.25) is 0 Å². The quantitative estimate of drug-likeness (QED) is 0.359. The summed E-state index contributed by atoms with van der Waals surface area (Å²) in [6.45, 7) is 3.09. The Balaban J connectivity index is 2.19. The van der Waals surface area contributed by atoms with E-state index in [1.165, 1.54) is 25.1 Å². The highest BCUT2D eigenvalue weighted by molar-refractivity contribution is 6.07. The minimum Gasteiger partial charge on any atom is -0.426 e. The Morgan fingerprint density at radius 3 is 2.32 bits per heavy atom. The molecule has 1 N–H and O–H groups in total. The number of anilines is 1. The number of hydrogen-bond donors (Lipinski definition) is 1. The lowest BCUT2D eigenvalue weighted by Crippen LogP contribution is -2.17. The SMILES string of the molecule is C/C(OC(=O)c1ccc(C)cc1)=C(/C#N)C(=O)Nc1cccc(C(F)(F)F)c1. The Kier molecular flexibility index (Phi) is 6.21. The molecule has 1 amide bonds. The van der Waals surface area contributed by atoms with E-state index in [1.54, 1.807) is 18.2 Å². The second-order valence-electron chi connectivity index (χ2n) is 5.83. The number of nitriles is 1. The highest BCUT2D eigenvalue weighted by Crippen LogP contribution is 2.30. The molecule has 8 heteroatoms. The maximum Gasteiger partial charge on any atom is 0.416 e. The predicted molar refractivity (Wildman–Crippen MR) is 95.0 cm³/mol. The summed E-state index contributed by atoms with van der Waals surface area (Å²) in [6, 6.07) is 12.0. The lowest BCUT2D eigenvalue weighted by molar-refractivity contribution is -0.137. The molecule has 0 aromatic heterocycles. The monoisotopic (exact) mass is 388 g/mol. The van der Waals surface area contributed by atoms with Crippen molar-refractivity contribution in [1.82, 2.24) is 0 Å². The third kappa shape index (κ3) is 5.20. The Labute approximate surface area is 159 Å². The average Bonchev–Trinajstić information content (AvgIpc) is 2.62. The summed E-state index contributed by atoms with van der Waals surface area (Å²) < 4.78 is 43.3. The Morgan fingerprint density at radius 1 is 1.11 bits per heavy atom. The molecule has 0 fully saturated rings. The maximum absolute atomic E-state index is 12.8. The first-order valence-electron chi connectivity index (χ1n) is 8.00. The van der Waals surface area contributed by atoms with Crippen LogP contribution in [-0.2, 0) is 15.7 Å². The van der Waals surface area contributed by atoms with E-state index in [1.807, 2.05) is 6.92 Å². The van der Waals surface area contributed by atoms with Gasteiger partial charge < -0.3 is 10.1 Å². The summed E-state index contributed by atoms with van der Waals surface area (Å²) in [6.07, 6.45) is -4.58. The second-order valence-corrected chi connectivity index (χ2v) is 5.83. The molecule has 5 nitrogen and oxygen atoms in total. The molecule has 0 aliphatic carbocycles. The maximum atomic E-state index is 12.8. The first-order valence-corrected chi connectivity index (χ1v) is 8.00. The number of alkyl halides is 3. The number of hydrogen-bond acceptors (Lipinski definition) is 4. The van der Waals surface area contributed by atoms with Gasteiger partial charge in [0, 0.05) is 5.69 Å². The smallest absolute Gasteiger partial charge is 0.416 e. The molecule has 0 saturated carbocycles. The van der Waals surface area contributed by atoms with Crippen LogP contribution >= 0.6 is 0 Å². The second kappa shape index (κ2) is 8.39. The van der Waals surface area contributed by atoms with Gasteiger partial charge in [-0.1, -0.05) is 23.8 Å². The molecule has 0 radical (unpaired) electrons. The van der Waals surface area contributed by atoms with E-state index in [-0.39, 0.29) is 17.0 Å². The predicted octanol–water partition coefficient (Wildman–Crippen LogP) is 4.61. The first kappa shape index (κ1) is 20.7. The van der Waals surface area contributed by atoms with E-state index < -0.39 is 29.2 Å². The number of halogens is 3. The lowest BCUT2D eigenvalue weighted by atomic mass is 10.1. The van der Waals surface area contributed by atoms with Crippen molar-refractivity contribution in [2.24, 2.45) is 0 Å². The standard InChI is InChI=1S/C20H15F3N2O3/c1-12-6-8-14(9-7-12)19(27)28-13(2)17(11-24)18(26)25-16-5-3-4-15(10-16)20(21,22)23/h3-10H,1-2H3,(H,25,26)/b17-13+. The van der Waals surface area contributed by atoms with Crippen LogP contribution in [0, 0.1) is 18.3 Å². The number of allylic oxidation sites excluding steroid dienone is 1. The van der Waals surface area contributed by atoms with Gasteiger partial charge in [-0.05, 0) is 44.2 Å². The van der Waals surface area contributed by atoms with Crippen LogP contribution in [0.1, 0.15) is 28.4 Å². The van der Waals surface area contributed by atoms with E-state index in [9.17, 15) is 28.0 Å². The molecular formula is C20H15F3N2O3. The number of nitrogens with one attached hydrogen (secondary N) is 1. The third-order valence-electron chi connectivity index (χ3n) is 3.67. The molecule has 2 rings (SSSR count). The van der Waals surface area contributed by atoms with E-state index in [0.29, 0.717) is 0 Å². The van der Waals surface area contributed by atoms with Crippen molar-refractivity contribution in [1.29, 1.82) is 5.26 Å². The number of carbonyl (C=O) groups is 2. The van der Waals surface area contributed by atoms with Gasteiger partial charge in [0.05, 0.1) is 11.1 Å². The molecule has 0 aliphatic rings. The van der Waals surface area contributed by atoms with Gasteiger partial charge in [0.1, 0.15) is 11.8 Å². The zero-order valence-corrected chi connectivity index (χ0v) is 14.9. The highest BCUT2D eigenvalue weighted by atomic mass is 19.4. The molecule has 144 valence electrons. The number of esters is 1. The van der Waals surface area contributed by atoms with Crippen molar-refractivity contribution in [2.75, 3.05) is 5.32 Å².